The van der Waals surface area contributed by atoms with Crippen LogP contribution in [0.3, 0.4) is 0 Å². The second-order valence-electron chi connectivity index (χ2n) is 5.48. The third-order valence-corrected chi connectivity index (χ3v) is 3.88. The smallest absolute Gasteiger partial charge is 0.0743 e. The molecule has 0 saturated heterocycles. The average molecular weight is 284 g/mol. The summed E-state index contributed by atoms with van der Waals surface area (Å²) in [6, 6.07) is 27.4. The van der Waals surface area contributed by atoms with Crippen molar-refractivity contribution in [2.45, 2.75) is 6.92 Å². The third kappa shape index (κ3) is 2.19. The van der Waals surface area contributed by atoms with Gasteiger partial charge in [-0.3, -0.25) is 0 Å². The first kappa shape index (κ1) is 12.8. The van der Waals surface area contributed by atoms with Crippen molar-refractivity contribution in [1.82, 2.24) is 9.78 Å². The number of hydrogen-bond donors (Lipinski definition) is 0. The molecule has 0 N–H and O–H groups in total. The van der Waals surface area contributed by atoms with Gasteiger partial charge in [0.2, 0.25) is 0 Å². The lowest BCUT2D eigenvalue weighted by atomic mass is 10.0. The predicted octanol–water partition coefficient (Wildman–Crippen LogP) is 5.00. The Bertz CT molecular complexity index is 936. The molecule has 0 unspecified atom stereocenters. The van der Waals surface area contributed by atoms with Gasteiger partial charge in [-0.15, -0.1) is 0 Å². The van der Waals surface area contributed by atoms with E-state index in [-0.39, 0.29) is 0 Å². The van der Waals surface area contributed by atoms with Crippen LogP contribution in [-0.2, 0) is 0 Å². The topological polar surface area (TPSA) is 17.8 Å². The van der Waals surface area contributed by atoms with Gasteiger partial charge in [0.25, 0.3) is 0 Å². The van der Waals surface area contributed by atoms with Gasteiger partial charge in [0.1, 0.15) is 0 Å². The minimum absolute atomic E-state index is 1.02. The first-order valence-electron chi connectivity index (χ1n) is 7.42. The summed E-state index contributed by atoms with van der Waals surface area (Å²) in [5.41, 5.74) is 4.41. The summed E-state index contributed by atoms with van der Waals surface area (Å²) in [7, 11) is 0. The summed E-state index contributed by atoms with van der Waals surface area (Å²) >= 11 is 0. The van der Waals surface area contributed by atoms with Gasteiger partial charge in [0.15, 0.2) is 0 Å². The number of aryl methyl sites for hydroxylation is 1. The quantitative estimate of drug-likeness (QED) is 0.506. The van der Waals surface area contributed by atoms with E-state index in [4.69, 9.17) is 0 Å². The van der Waals surface area contributed by atoms with Crippen LogP contribution in [0.1, 0.15) is 5.69 Å². The number of hydrogen-bond acceptors (Lipinski definition) is 1. The molecule has 0 spiro atoms. The molecule has 4 aromatic rings. The van der Waals surface area contributed by atoms with Crippen LogP contribution in [-0.4, -0.2) is 9.78 Å². The van der Waals surface area contributed by atoms with E-state index in [1.54, 1.807) is 0 Å². The molecule has 1 aromatic heterocycles. The highest BCUT2D eigenvalue weighted by Gasteiger charge is 2.10. The lowest BCUT2D eigenvalue weighted by Crippen LogP contribution is -1.98. The van der Waals surface area contributed by atoms with Gasteiger partial charge >= 0.3 is 0 Å². The van der Waals surface area contributed by atoms with Crippen LogP contribution >= 0.6 is 0 Å². The van der Waals surface area contributed by atoms with Crippen LogP contribution in [0, 0.1) is 6.92 Å². The first-order valence-corrected chi connectivity index (χ1v) is 7.42. The van der Waals surface area contributed by atoms with E-state index in [2.05, 4.69) is 65.8 Å². The Hall–Kier alpha value is -2.87. The molecular weight excluding hydrogens is 268 g/mol. The highest BCUT2D eigenvalue weighted by atomic mass is 15.3. The highest BCUT2D eigenvalue weighted by molar-refractivity contribution is 5.87. The second kappa shape index (κ2) is 5.15. The molecule has 0 saturated carbocycles. The number of para-hydroxylation sites is 1. The van der Waals surface area contributed by atoms with E-state index in [1.165, 1.54) is 16.3 Å². The Labute approximate surface area is 129 Å². The Morgan fingerprint density at radius 2 is 1.45 bits per heavy atom. The standard InChI is InChI=1S/C20H16N2/c1-15-13-20(22(21-15)19-9-3-2-4-10-19)18-12-11-16-7-5-6-8-17(16)14-18/h2-14H,1H3. The Balaban J connectivity index is 1.91. The fourth-order valence-corrected chi connectivity index (χ4v) is 2.82. The molecule has 0 fully saturated rings. The van der Waals surface area contributed by atoms with Crippen LogP contribution in [0.15, 0.2) is 78.9 Å². The van der Waals surface area contributed by atoms with Crippen LogP contribution in [0.25, 0.3) is 27.7 Å². The van der Waals surface area contributed by atoms with Crippen molar-refractivity contribution in [3.05, 3.63) is 84.6 Å². The Morgan fingerprint density at radius 1 is 0.727 bits per heavy atom. The number of benzene rings is 3. The molecular formula is C20H16N2. The molecule has 0 radical (unpaired) electrons. The predicted molar refractivity (Wildman–Crippen MR) is 91.2 cm³/mol. The molecule has 1 heterocycles. The van der Waals surface area contributed by atoms with Crippen LogP contribution in [0.2, 0.25) is 0 Å². The maximum atomic E-state index is 4.65. The molecule has 0 aliphatic carbocycles. The maximum absolute atomic E-state index is 4.65. The zero-order valence-electron chi connectivity index (χ0n) is 12.4. The largest absolute Gasteiger partial charge is 0.233 e. The van der Waals surface area contributed by atoms with Gasteiger partial charge < -0.3 is 0 Å². The van der Waals surface area contributed by atoms with Crippen molar-refractivity contribution >= 4 is 10.8 Å². The molecule has 2 heteroatoms. The minimum Gasteiger partial charge on any atom is -0.233 e. The first-order chi connectivity index (χ1) is 10.8. The molecule has 4 rings (SSSR count). The summed E-state index contributed by atoms with van der Waals surface area (Å²) in [5.74, 6) is 0. The monoisotopic (exact) mass is 284 g/mol. The van der Waals surface area contributed by atoms with Crippen molar-refractivity contribution in [3.63, 3.8) is 0 Å². The third-order valence-electron chi connectivity index (χ3n) is 3.88. The van der Waals surface area contributed by atoms with Gasteiger partial charge in [0.05, 0.1) is 17.1 Å². The fourth-order valence-electron chi connectivity index (χ4n) is 2.82. The zero-order chi connectivity index (χ0) is 14.9. The zero-order valence-corrected chi connectivity index (χ0v) is 12.4. The van der Waals surface area contributed by atoms with Crippen molar-refractivity contribution in [1.29, 1.82) is 0 Å². The van der Waals surface area contributed by atoms with E-state index in [9.17, 15) is 0 Å². The van der Waals surface area contributed by atoms with E-state index < -0.39 is 0 Å². The second-order valence-corrected chi connectivity index (χ2v) is 5.48. The average Bonchev–Trinajstić information content (AvgIpc) is 2.97. The van der Waals surface area contributed by atoms with Crippen molar-refractivity contribution in [2.24, 2.45) is 0 Å². The molecule has 0 aliphatic heterocycles. The van der Waals surface area contributed by atoms with E-state index >= 15 is 0 Å². The van der Waals surface area contributed by atoms with Crippen molar-refractivity contribution in [3.8, 4) is 16.9 Å². The summed E-state index contributed by atoms with van der Waals surface area (Å²) in [6.07, 6.45) is 0. The molecule has 106 valence electrons. The van der Waals surface area contributed by atoms with Gasteiger partial charge in [-0.1, -0.05) is 54.6 Å². The summed E-state index contributed by atoms with van der Waals surface area (Å²) in [4.78, 5) is 0. The highest BCUT2D eigenvalue weighted by Crippen LogP contribution is 2.27. The fraction of sp³-hybridized carbons (Fsp3) is 0.0500. The lowest BCUT2D eigenvalue weighted by Gasteiger charge is -2.08. The van der Waals surface area contributed by atoms with Crippen LogP contribution in [0.5, 0.6) is 0 Å². The summed E-state index contributed by atoms with van der Waals surface area (Å²) < 4.78 is 2.01. The van der Waals surface area contributed by atoms with E-state index in [0.717, 1.165) is 17.1 Å². The molecule has 0 atom stereocenters. The number of rotatable bonds is 2. The number of nitrogens with zero attached hydrogens (tertiary/aromatic N) is 2. The molecule has 22 heavy (non-hydrogen) atoms. The van der Waals surface area contributed by atoms with Crippen LogP contribution < -0.4 is 0 Å². The minimum atomic E-state index is 1.02. The number of fused-ring (bicyclic) bond motifs is 1. The Morgan fingerprint density at radius 3 is 2.27 bits per heavy atom. The van der Waals surface area contributed by atoms with Crippen molar-refractivity contribution < 1.29 is 0 Å². The molecule has 0 bridgehead atoms. The summed E-state index contributed by atoms with van der Waals surface area (Å²) in [5, 5.41) is 7.16. The van der Waals surface area contributed by atoms with Gasteiger partial charge in [-0.25, -0.2) is 4.68 Å². The molecule has 0 amide bonds. The lowest BCUT2D eigenvalue weighted by molar-refractivity contribution is 0.869. The number of aromatic nitrogens is 2. The van der Waals surface area contributed by atoms with Gasteiger partial charge in [0, 0.05) is 5.56 Å². The normalized spacial score (nSPS) is 11.0. The summed E-state index contributed by atoms with van der Waals surface area (Å²) in [6.45, 7) is 2.03. The van der Waals surface area contributed by atoms with Gasteiger partial charge in [-0.2, -0.15) is 5.10 Å². The molecule has 0 aliphatic rings. The molecule has 2 nitrogen and oxygen atoms in total. The van der Waals surface area contributed by atoms with E-state index in [0.29, 0.717) is 0 Å². The Kier molecular flexibility index (Phi) is 3.01. The van der Waals surface area contributed by atoms with Crippen LogP contribution in [0.4, 0.5) is 0 Å². The van der Waals surface area contributed by atoms with E-state index in [1.807, 2.05) is 29.8 Å². The maximum Gasteiger partial charge on any atom is 0.0743 e. The SMILES string of the molecule is Cc1cc(-c2ccc3ccccc3c2)n(-c2ccccc2)n1. The van der Waals surface area contributed by atoms with Crippen molar-refractivity contribution in [2.75, 3.05) is 0 Å². The van der Waals surface area contributed by atoms with Gasteiger partial charge in [-0.05, 0) is 42.0 Å². The molecule has 3 aromatic carbocycles.